The summed E-state index contributed by atoms with van der Waals surface area (Å²) in [7, 11) is 0. The van der Waals surface area contributed by atoms with Crippen LogP contribution in [0, 0.1) is 25.5 Å². The molecule has 0 aliphatic carbocycles. The summed E-state index contributed by atoms with van der Waals surface area (Å²) in [5.74, 6) is 3.78. The average Bonchev–Trinajstić information content (AvgIpc) is 2.41. The fourth-order valence-corrected chi connectivity index (χ4v) is 2.48. The zero-order valence-electron chi connectivity index (χ0n) is 11.2. The molecule has 5 heteroatoms. The van der Waals surface area contributed by atoms with Gasteiger partial charge >= 0.3 is 0 Å². The second kappa shape index (κ2) is 5.99. The summed E-state index contributed by atoms with van der Waals surface area (Å²) < 4.78 is 28.3. The van der Waals surface area contributed by atoms with Gasteiger partial charge in [0, 0.05) is 10.0 Å². The maximum absolute atomic E-state index is 13.9. The van der Waals surface area contributed by atoms with Crippen molar-refractivity contribution in [1.29, 1.82) is 0 Å². The first-order valence-corrected chi connectivity index (χ1v) is 6.91. The van der Waals surface area contributed by atoms with Crippen LogP contribution in [0.5, 0.6) is 0 Å². The maximum atomic E-state index is 13.9. The van der Waals surface area contributed by atoms with Crippen molar-refractivity contribution in [2.75, 3.05) is 0 Å². The van der Waals surface area contributed by atoms with Gasteiger partial charge in [0.1, 0.15) is 0 Å². The van der Waals surface area contributed by atoms with E-state index in [9.17, 15) is 8.78 Å². The number of hydrazine groups is 1. The molecule has 106 valence electrons. The van der Waals surface area contributed by atoms with Crippen LogP contribution in [0.4, 0.5) is 8.78 Å². The van der Waals surface area contributed by atoms with Gasteiger partial charge in [-0.05, 0) is 36.6 Å². The molecule has 0 aliphatic heterocycles. The van der Waals surface area contributed by atoms with Gasteiger partial charge in [0.15, 0.2) is 11.6 Å². The Morgan fingerprint density at radius 2 is 1.75 bits per heavy atom. The summed E-state index contributed by atoms with van der Waals surface area (Å²) in [6.45, 7) is 3.88. The van der Waals surface area contributed by atoms with Crippen molar-refractivity contribution >= 4 is 15.9 Å². The molecule has 2 nitrogen and oxygen atoms in total. The van der Waals surface area contributed by atoms with Crippen LogP contribution in [-0.4, -0.2) is 0 Å². The standard InChI is InChI=1S/C15H15BrF2N2/c1-8-6-10(7-9(2)13(8)16)15(20-19)11-4-3-5-12(17)14(11)18/h3-7,15,20H,19H2,1-2H3. The summed E-state index contributed by atoms with van der Waals surface area (Å²) in [4.78, 5) is 0. The van der Waals surface area contributed by atoms with Gasteiger partial charge in [-0.25, -0.2) is 14.2 Å². The van der Waals surface area contributed by atoms with Crippen molar-refractivity contribution in [3.05, 3.63) is 68.7 Å². The van der Waals surface area contributed by atoms with Crippen molar-refractivity contribution in [1.82, 2.24) is 5.43 Å². The molecular weight excluding hydrogens is 326 g/mol. The Morgan fingerprint density at radius 3 is 2.30 bits per heavy atom. The third kappa shape index (κ3) is 2.75. The van der Waals surface area contributed by atoms with Gasteiger partial charge in [-0.2, -0.15) is 0 Å². The SMILES string of the molecule is Cc1cc(C(NN)c2cccc(F)c2F)cc(C)c1Br. The van der Waals surface area contributed by atoms with Crippen molar-refractivity contribution in [3.8, 4) is 0 Å². The molecule has 3 N–H and O–H groups in total. The van der Waals surface area contributed by atoms with Gasteiger partial charge in [0.2, 0.25) is 0 Å². The smallest absolute Gasteiger partial charge is 0.163 e. The van der Waals surface area contributed by atoms with Crippen LogP contribution in [-0.2, 0) is 0 Å². The molecule has 1 atom stereocenters. The van der Waals surface area contributed by atoms with E-state index in [2.05, 4.69) is 21.4 Å². The first kappa shape index (κ1) is 15.1. The predicted octanol–water partition coefficient (Wildman–Crippen LogP) is 3.90. The molecule has 2 rings (SSSR count). The van der Waals surface area contributed by atoms with E-state index in [1.54, 1.807) is 0 Å². The van der Waals surface area contributed by atoms with Gasteiger partial charge in [0.05, 0.1) is 6.04 Å². The molecule has 0 amide bonds. The van der Waals surface area contributed by atoms with Crippen LogP contribution in [0.15, 0.2) is 34.8 Å². The zero-order valence-corrected chi connectivity index (χ0v) is 12.8. The molecule has 0 radical (unpaired) electrons. The molecule has 0 aliphatic rings. The van der Waals surface area contributed by atoms with Crippen molar-refractivity contribution in [2.45, 2.75) is 19.9 Å². The van der Waals surface area contributed by atoms with Gasteiger partial charge in [0.25, 0.3) is 0 Å². The Bertz CT molecular complexity index is 621. The van der Waals surface area contributed by atoms with E-state index in [4.69, 9.17) is 5.84 Å². The minimum atomic E-state index is -0.881. The highest BCUT2D eigenvalue weighted by Gasteiger charge is 2.20. The monoisotopic (exact) mass is 340 g/mol. The van der Waals surface area contributed by atoms with Crippen LogP contribution in [0.25, 0.3) is 0 Å². The number of hydrogen-bond donors (Lipinski definition) is 2. The molecule has 0 spiro atoms. The van der Waals surface area contributed by atoms with Crippen molar-refractivity contribution in [2.24, 2.45) is 5.84 Å². The Kier molecular flexibility index (Phi) is 4.52. The van der Waals surface area contributed by atoms with Crippen LogP contribution < -0.4 is 11.3 Å². The largest absolute Gasteiger partial charge is 0.271 e. The first-order chi connectivity index (χ1) is 9.45. The number of rotatable bonds is 3. The van der Waals surface area contributed by atoms with E-state index in [1.165, 1.54) is 12.1 Å². The Balaban J connectivity index is 2.55. The molecule has 20 heavy (non-hydrogen) atoms. The fraction of sp³-hybridized carbons (Fsp3) is 0.200. The minimum absolute atomic E-state index is 0.189. The first-order valence-electron chi connectivity index (χ1n) is 6.12. The Morgan fingerprint density at radius 1 is 1.15 bits per heavy atom. The quantitative estimate of drug-likeness (QED) is 0.656. The summed E-state index contributed by atoms with van der Waals surface area (Å²) >= 11 is 3.48. The molecule has 0 heterocycles. The predicted molar refractivity (Wildman–Crippen MR) is 79.1 cm³/mol. The number of nitrogens with one attached hydrogen (secondary N) is 1. The average molecular weight is 341 g/mol. The van der Waals surface area contributed by atoms with Gasteiger partial charge in [-0.15, -0.1) is 0 Å². The molecule has 0 fully saturated rings. The number of benzene rings is 2. The third-order valence-corrected chi connectivity index (χ3v) is 4.50. The Labute approximate surface area is 125 Å². The van der Waals surface area contributed by atoms with E-state index in [1.807, 2.05) is 26.0 Å². The van der Waals surface area contributed by atoms with Crippen LogP contribution >= 0.6 is 15.9 Å². The molecule has 1 unspecified atom stereocenters. The van der Waals surface area contributed by atoms with Crippen molar-refractivity contribution in [3.63, 3.8) is 0 Å². The number of hydrogen-bond acceptors (Lipinski definition) is 2. The minimum Gasteiger partial charge on any atom is -0.271 e. The number of aryl methyl sites for hydroxylation is 2. The summed E-state index contributed by atoms with van der Waals surface area (Å²) in [5.41, 5.74) is 5.55. The molecule has 2 aromatic rings. The van der Waals surface area contributed by atoms with Crippen LogP contribution in [0.1, 0.15) is 28.3 Å². The Hall–Kier alpha value is -1.30. The highest BCUT2D eigenvalue weighted by atomic mass is 79.9. The lowest BCUT2D eigenvalue weighted by molar-refractivity contribution is 0.483. The van der Waals surface area contributed by atoms with E-state index in [0.29, 0.717) is 0 Å². The summed E-state index contributed by atoms with van der Waals surface area (Å²) in [6, 6.07) is 7.27. The zero-order chi connectivity index (χ0) is 14.9. The number of halogens is 3. The van der Waals surface area contributed by atoms with Gasteiger partial charge in [-0.3, -0.25) is 5.84 Å². The topological polar surface area (TPSA) is 38.0 Å². The fourth-order valence-electron chi connectivity index (χ4n) is 2.26. The third-order valence-electron chi connectivity index (χ3n) is 3.25. The van der Waals surface area contributed by atoms with E-state index < -0.39 is 17.7 Å². The molecule has 0 saturated carbocycles. The van der Waals surface area contributed by atoms with E-state index in [0.717, 1.165) is 27.2 Å². The highest BCUT2D eigenvalue weighted by Crippen LogP contribution is 2.30. The van der Waals surface area contributed by atoms with E-state index >= 15 is 0 Å². The summed E-state index contributed by atoms with van der Waals surface area (Å²) in [5, 5.41) is 0. The van der Waals surface area contributed by atoms with Crippen LogP contribution in [0.3, 0.4) is 0 Å². The number of nitrogens with two attached hydrogens (primary N) is 1. The molecule has 0 saturated heterocycles. The maximum Gasteiger partial charge on any atom is 0.163 e. The second-order valence-corrected chi connectivity index (χ2v) is 5.50. The molecule has 0 bridgehead atoms. The van der Waals surface area contributed by atoms with Crippen molar-refractivity contribution < 1.29 is 8.78 Å². The normalized spacial score (nSPS) is 12.5. The van der Waals surface area contributed by atoms with Crippen LogP contribution in [0.2, 0.25) is 0 Å². The second-order valence-electron chi connectivity index (χ2n) is 4.71. The highest BCUT2D eigenvalue weighted by molar-refractivity contribution is 9.10. The molecular formula is C15H15BrF2N2. The lowest BCUT2D eigenvalue weighted by Gasteiger charge is -2.19. The molecule has 2 aromatic carbocycles. The van der Waals surface area contributed by atoms with Gasteiger partial charge in [-0.1, -0.05) is 40.2 Å². The molecule has 0 aromatic heterocycles. The van der Waals surface area contributed by atoms with Gasteiger partial charge < -0.3 is 0 Å². The lowest BCUT2D eigenvalue weighted by atomic mass is 9.95. The van der Waals surface area contributed by atoms with E-state index in [-0.39, 0.29) is 5.56 Å². The summed E-state index contributed by atoms with van der Waals surface area (Å²) in [6.07, 6.45) is 0. The lowest BCUT2D eigenvalue weighted by Crippen LogP contribution is -2.30.